The Morgan fingerprint density at radius 3 is 2.84 bits per heavy atom. The van der Waals surface area contributed by atoms with Gasteiger partial charge in [-0.1, -0.05) is 19.8 Å². The maximum atomic E-state index is 13.0. The first-order valence-corrected chi connectivity index (χ1v) is 6.96. The maximum Gasteiger partial charge on any atom is 0.162 e. The predicted octanol–water partition coefficient (Wildman–Crippen LogP) is 3.51. The van der Waals surface area contributed by atoms with Crippen LogP contribution in [-0.4, -0.2) is 19.2 Å². The first-order chi connectivity index (χ1) is 9.15. The summed E-state index contributed by atoms with van der Waals surface area (Å²) in [4.78, 5) is 0. The Morgan fingerprint density at radius 1 is 1.26 bits per heavy atom. The summed E-state index contributed by atoms with van der Waals surface area (Å²) in [6.07, 6.45) is 5.03. The van der Waals surface area contributed by atoms with Crippen LogP contribution in [0.4, 0.5) is 8.78 Å². The smallest absolute Gasteiger partial charge is 0.162 e. The zero-order valence-corrected chi connectivity index (χ0v) is 11.3. The summed E-state index contributed by atoms with van der Waals surface area (Å²) in [5, 5.41) is 3.46. The third kappa shape index (κ3) is 4.46. The van der Waals surface area contributed by atoms with Crippen LogP contribution >= 0.6 is 0 Å². The van der Waals surface area contributed by atoms with Crippen molar-refractivity contribution >= 4 is 0 Å². The van der Waals surface area contributed by atoms with Crippen LogP contribution in [0.15, 0.2) is 18.2 Å². The summed E-state index contributed by atoms with van der Waals surface area (Å²) >= 11 is 0. The number of halogens is 2. The van der Waals surface area contributed by atoms with E-state index in [4.69, 9.17) is 4.74 Å². The summed E-state index contributed by atoms with van der Waals surface area (Å²) in [6.45, 7) is 3.48. The van der Waals surface area contributed by atoms with Gasteiger partial charge in [0.25, 0.3) is 0 Å². The van der Waals surface area contributed by atoms with E-state index in [0.29, 0.717) is 18.4 Å². The molecule has 2 atom stereocenters. The van der Waals surface area contributed by atoms with Crippen molar-refractivity contribution < 1.29 is 13.5 Å². The van der Waals surface area contributed by atoms with Gasteiger partial charge in [0.15, 0.2) is 11.6 Å². The Bertz CT molecular complexity index is 411. The summed E-state index contributed by atoms with van der Waals surface area (Å²) in [5.41, 5.74) is 0. The van der Waals surface area contributed by atoms with Crippen LogP contribution in [0, 0.1) is 17.6 Å². The molecule has 0 aromatic heterocycles. The molecule has 0 aliphatic heterocycles. The van der Waals surface area contributed by atoms with Gasteiger partial charge in [0.05, 0.1) is 0 Å². The summed E-state index contributed by atoms with van der Waals surface area (Å²) in [5.74, 6) is -0.552. The summed E-state index contributed by atoms with van der Waals surface area (Å²) in [7, 11) is 0. The summed E-state index contributed by atoms with van der Waals surface area (Å²) in [6, 6.07) is 4.18. The molecule has 2 nitrogen and oxygen atoms in total. The highest BCUT2D eigenvalue weighted by Crippen LogP contribution is 2.23. The monoisotopic (exact) mass is 269 g/mol. The molecule has 0 heterocycles. The minimum Gasteiger partial charge on any atom is -0.492 e. The number of hydrogen-bond acceptors (Lipinski definition) is 2. The molecule has 4 heteroatoms. The zero-order chi connectivity index (χ0) is 13.7. The SMILES string of the molecule is CC1CCCC(NCCOc2ccc(F)c(F)c2)C1. The van der Waals surface area contributed by atoms with Crippen LogP contribution < -0.4 is 10.1 Å². The minimum absolute atomic E-state index is 0.373. The molecule has 1 N–H and O–H groups in total. The predicted molar refractivity (Wildman–Crippen MR) is 71.3 cm³/mol. The third-order valence-electron chi connectivity index (χ3n) is 3.63. The lowest BCUT2D eigenvalue weighted by molar-refractivity contribution is 0.265. The number of benzene rings is 1. The molecule has 2 rings (SSSR count). The van der Waals surface area contributed by atoms with Crippen LogP contribution in [0.2, 0.25) is 0 Å². The fraction of sp³-hybridized carbons (Fsp3) is 0.600. The largest absolute Gasteiger partial charge is 0.492 e. The van der Waals surface area contributed by atoms with Gasteiger partial charge in [-0.15, -0.1) is 0 Å². The lowest BCUT2D eigenvalue weighted by atomic mass is 9.87. The van der Waals surface area contributed by atoms with Crippen molar-refractivity contribution in [2.75, 3.05) is 13.2 Å². The molecule has 1 aliphatic carbocycles. The molecular weight excluding hydrogens is 248 g/mol. The zero-order valence-electron chi connectivity index (χ0n) is 11.3. The van der Waals surface area contributed by atoms with Gasteiger partial charge in [-0.05, 0) is 30.9 Å². The highest BCUT2D eigenvalue weighted by molar-refractivity contribution is 5.23. The standard InChI is InChI=1S/C15H21F2NO/c1-11-3-2-4-12(9-11)18-7-8-19-13-5-6-14(16)15(17)10-13/h5-6,10-12,18H,2-4,7-9H2,1H3. The van der Waals surface area contributed by atoms with Gasteiger partial charge in [0, 0.05) is 18.7 Å². The Labute approximate surface area is 113 Å². The molecule has 1 aliphatic rings. The molecule has 0 amide bonds. The molecular formula is C15H21F2NO. The van der Waals surface area contributed by atoms with Gasteiger partial charge >= 0.3 is 0 Å². The third-order valence-corrected chi connectivity index (χ3v) is 3.63. The van der Waals surface area contributed by atoms with Gasteiger partial charge in [-0.3, -0.25) is 0 Å². The van der Waals surface area contributed by atoms with E-state index in [2.05, 4.69) is 12.2 Å². The van der Waals surface area contributed by atoms with E-state index < -0.39 is 11.6 Å². The van der Waals surface area contributed by atoms with Crippen molar-refractivity contribution in [2.45, 2.75) is 38.6 Å². The van der Waals surface area contributed by atoms with Crippen molar-refractivity contribution in [1.29, 1.82) is 0 Å². The average molecular weight is 269 g/mol. The second kappa shape index (κ2) is 6.85. The van der Waals surface area contributed by atoms with Gasteiger partial charge in [-0.25, -0.2) is 8.78 Å². The molecule has 106 valence electrons. The molecule has 1 aromatic rings. The van der Waals surface area contributed by atoms with Crippen molar-refractivity contribution in [1.82, 2.24) is 5.32 Å². The fourth-order valence-corrected chi connectivity index (χ4v) is 2.62. The molecule has 1 aromatic carbocycles. The topological polar surface area (TPSA) is 21.3 Å². The van der Waals surface area contributed by atoms with E-state index in [1.807, 2.05) is 0 Å². The molecule has 0 saturated heterocycles. The number of hydrogen-bond donors (Lipinski definition) is 1. The van der Waals surface area contributed by atoms with Crippen LogP contribution in [-0.2, 0) is 0 Å². The average Bonchev–Trinajstić information content (AvgIpc) is 2.39. The lowest BCUT2D eigenvalue weighted by Crippen LogP contribution is -2.36. The first kappa shape index (κ1) is 14.3. The van der Waals surface area contributed by atoms with Crippen molar-refractivity contribution in [3.05, 3.63) is 29.8 Å². The summed E-state index contributed by atoms with van der Waals surface area (Å²) < 4.78 is 31.1. The van der Waals surface area contributed by atoms with Crippen LogP contribution in [0.1, 0.15) is 32.6 Å². The number of nitrogens with one attached hydrogen (secondary N) is 1. The van der Waals surface area contributed by atoms with E-state index in [0.717, 1.165) is 24.6 Å². The van der Waals surface area contributed by atoms with Crippen molar-refractivity contribution in [3.63, 3.8) is 0 Å². The highest BCUT2D eigenvalue weighted by Gasteiger charge is 2.17. The number of ether oxygens (including phenoxy) is 1. The molecule has 19 heavy (non-hydrogen) atoms. The Hall–Kier alpha value is -1.16. The Morgan fingerprint density at radius 2 is 2.11 bits per heavy atom. The first-order valence-electron chi connectivity index (χ1n) is 6.96. The van der Waals surface area contributed by atoms with Crippen molar-refractivity contribution in [3.8, 4) is 5.75 Å². The lowest BCUT2D eigenvalue weighted by Gasteiger charge is -2.27. The molecule has 1 fully saturated rings. The van der Waals surface area contributed by atoms with Crippen molar-refractivity contribution in [2.24, 2.45) is 5.92 Å². The molecule has 2 unspecified atom stereocenters. The second-order valence-electron chi connectivity index (χ2n) is 5.35. The van der Waals surface area contributed by atoms with Gasteiger partial charge < -0.3 is 10.1 Å². The molecule has 0 spiro atoms. The highest BCUT2D eigenvalue weighted by atomic mass is 19.2. The quantitative estimate of drug-likeness (QED) is 0.826. The van der Waals surface area contributed by atoms with Gasteiger partial charge in [-0.2, -0.15) is 0 Å². The molecule has 1 saturated carbocycles. The maximum absolute atomic E-state index is 13.0. The normalized spacial score (nSPS) is 23.3. The Kier molecular flexibility index (Phi) is 5.14. The number of rotatable bonds is 5. The van der Waals surface area contributed by atoms with Gasteiger partial charge in [0.1, 0.15) is 12.4 Å². The van der Waals surface area contributed by atoms with Crippen LogP contribution in [0.5, 0.6) is 5.75 Å². The Balaban J connectivity index is 1.67. The van der Waals surface area contributed by atoms with Gasteiger partial charge in [0.2, 0.25) is 0 Å². The van der Waals surface area contributed by atoms with Crippen LogP contribution in [0.25, 0.3) is 0 Å². The second-order valence-corrected chi connectivity index (χ2v) is 5.35. The van der Waals surface area contributed by atoms with E-state index in [1.165, 1.54) is 31.7 Å². The molecule has 0 radical (unpaired) electrons. The minimum atomic E-state index is -0.869. The van der Waals surface area contributed by atoms with E-state index >= 15 is 0 Å². The van der Waals surface area contributed by atoms with Crippen LogP contribution in [0.3, 0.4) is 0 Å². The fourth-order valence-electron chi connectivity index (χ4n) is 2.62. The molecule has 0 bridgehead atoms. The van der Waals surface area contributed by atoms with E-state index in [1.54, 1.807) is 0 Å². The van der Waals surface area contributed by atoms with E-state index in [-0.39, 0.29) is 0 Å². The van der Waals surface area contributed by atoms with E-state index in [9.17, 15) is 8.78 Å².